The van der Waals surface area contributed by atoms with E-state index in [1.807, 2.05) is 17.0 Å². The molecule has 4 nitrogen and oxygen atoms in total. The van der Waals surface area contributed by atoms with Crippen LogP contribution in [0.4, 0.5) is 5.69 Å². The highest BCUT2D eigenvalue weighted by atomic mass is 35.5. The normalized spacial score (nSPS) is 28.3. The van der Waals surface area contributed by atoms with Gasteiger partial charge in [-0.25, -0.2) is 0 Å². The Labute approximate surface area is 142 Å². The van der Waals surface area contributed by atoms with Crippen LogP contribution in [0.25, 0.3) is 0 Å². The van der Waals surface area contributed by atoms with Gasteiger partial charge in [-0.15, -0.1) is 0 Å². The molecule has 2 fully saturated rings. The summed E-state index contributed by atoms with van der Waals surface area (Å²) in [6.45, 7) is 6.48. The van der Waals surface area contributed by atoms with E-state index in [9.17, 15) is 9.59 Å². The average molecular weight is 335 g/mol. The number of amides is 2. The van der Waals surface area contributed by atoms with Gasteiger partial charge in [0.1, 0.15) is 0 Å². The Morgan fingerprint density at radius 3 is 2.30 bits per heavy atom. The predicted octanol–water partition coefficient (Wildman–Crippen LogP) is 3.20. The maximum absolute atomic E-state index is 12.8. The molecule has 2 saturated heterocycles. The van der Waals surface area contributed by atoms with Crippen molar-refractivity contribution in [3.05, 3.63) is 29.3 Å². The quantitative estimate of drug-likeness (QED) is 0.833. The highest BCUT2D eigenvalue weighted by Crippen LogP contribution is 2.29. The highest BCUT2D eigenvalue weighted by molar-refractivity contribution is 6.30. The molecule has 2 amide bonds. The van der Waals surface area contributed by atoms with Gasteiger partial charge in [-0.3, -0.25) is 9.59 Å². The summed E-state index contributed by atoms with van der Waals surface area (Å²) in [4.78, 5) is 28.8. The molecule has 3 rings (SSSR count). The number of rotatable bonds is 2. The Hall–Kier alpha value is -1.55. The Bertz CT molecular complexity index is 592. The summed E-state index contributed by atoms with van der Waals surface area (Å²) in [7, 11) is 0. The third-order valence-corrected chi connectivity index (χ3v) is 5.05. The van der Waals surface area contributed by atoms with Crippen LogP contribution < -0.4 is 4.90 Å². The second-order valence-corrected chi connectivity index (χ2v) is 7.51. The summed E-state index contributed by atoms with van der Waals surface area (Å²) < 4.78 is 0. The van der Waals surface area contributed by atoms with Crippen molar-refractivity contribution < 1.29 is 9.59 Å². The standard InChI is InChI=1S/C18H23ClN2O2/c1-12-7-13(2)10-20(9-12)18(23)14-8-17(22)21(11-14)16-5-3-15(19)4-6-16/h3-6,12-14H,7-11H2,1-2H3/t12-,13+,14-/m1/s1. The molecule has 5 heteroatoms. The highest BCUT2D eigenvalue weighted by Gasteiger charge is 2.38. The van der Waals surface area contributed by atoms with Gasteiger partial charge in [0.05, 0.1) is 5.92 Å². The van der Waals surface area contributed by atoms with E-state index in [0.717, 1.165) is 18.8 Å². The van der Waals surface area contributed by atoms with Crippen LogP contribution in [0, 0.1) is 17.8 Å². The molecule has 23 heavy (non-hydrogen) atoms. The van der Waals surface area contributed by atoms with Crippen molar-refractivity contribution in [2.45, 2.75) is 26.7 Å². The first-order chi connectivity index (χ1) is 10.9. The molecule has 3 atom stereocenters. The lowest BCUT2D eigenvalue weighted by Gasteiger charge is -2.36. The van der Waals surface area contributed by atoms with Crippen molar-refractivity contribution in [3.63, 3.8) is 0 Å². The van der Waals surface area contributed by atoms with Crippen LogP contribution in [0.5, 0.6) is 0 Å². The zero-order valence-electron chi connectivity index (χ0n) is 13.7. The molecule has 1 aromatic rings. The molecule has 2 aliphatic rings. The van der Waals surface area contributed by atoms with Gasteiger partial charge in [0, 0.05) is 36.8 Å². The molecule has 1 aromatic carbocycles. The van der Waals surface area contributed by atoms with Gasteiger partial charge in [-0.2, -0.15) is 0 Å². The number of piperidine rings is 1. The topological polar surface area (TPSA) is 40.6 Å². The lowest BCUT2D eigenvalue weighted by Crippen LogP contribution is -2.45. The summed E-state index contributed by atoms with van der Waals surface area (Å²) in [5.74, 6) is 0.993. The van der Waals surface area contributed by atoms with Crippen molar-refractivity contribution in [3.8, 4) is 0 Å². The maximum atomic E-state index is 12.8. The number of likely N-dealkylation sites (tertiary alicyclic amines) is 1. The number of benzene rings is 1. The zero-order valence-corrected chi connectivity index (χ0v) is 14.4. The molecule has 0 aliphatic carbocycles. The second-order valence-electron chi connectivity index (χ2n) is 7.07. The first-order valence-electron chi connectivity index (χ1n) is 8.28. The number of nitrogens with zero attached hydrogens (tertiary/aromatic N) is 2. The SMILES string of the molecule is C[C@@H]1C[C@H](C)CN(C(=O)[C@@H]2CC(=O)N(c3ccc(Cl)cc3)C2)C1. The van der Waals surface area contributed by atoms with E-state index in [-0.39, 0.29) is 17.7 Å². The average Bonchev–Trinajstić information content (AvgIpc) is 2.88. The second kappa shape index (κ2) is 6.52. The third-order valence-electron chi connectivity index (χ3n) is 4.79. The molecule has 0 unspecified atom stereocenters. The summed E-state index contributed by atoms with van der Waals surface area (Å²) in [5, 5.41) is 0.643. The fraction of sp³-hybridized carbons (Fsp3) is 0.556. The van der Waals surface area contributed by atoms with Gasteiger partial charge in [0.2, 0.25) is 11.8 Å². The number of hydrogen-bond acceptors (Lipinski definition) is 2. The minimum absolute atomic E-state index is 0.0174. The Balaban J connectivity index is 1.69. The molecule has 0 aromatic heterocycles. The zero-order chi connectivity index (χ0) is 16.6. The Kier molecular flexibility index (Phi) is 4.62. The Morgan fingerprint density at radius 2 is 1.70 bits per heavy atom. The molecule has 0 spiro atoms. The van der Waals surface area contributed by atoms with Gasteiger partial charge in [-0.05, 0) is 42.5 Å². The van der Waals surface area contributed by atoms with E-state index in [4.69, 9.17) is 11.6 Å². The summed E-state index contributed by atoms with van der Waals surface area (Å²) in [6.07, 6.45) is 1.48. The van der Waals surface area contributed by atoms with E-state index < -0.39 is 0 Å². The van der Waals surface area contributed by atoms with Gasteiger partial charge in [0.15, 0.2) is 0 Å². The van der Waals surface area contributed by atoms with Crippen molar-refractivity contribution >= 4 is 29.1 Å². The van der Waals surface area contributed by atoms with Crippen LogP contribution in [0.15, 0.2) is 24.3 Å². The molecule has 2 aliphatic heterocycles. The molecule has 124 valence electrons. The maximum Gasteiger partial charge on any atom is 0.228 e. The Morgan fingerprint density at radius 1 is 1.09 bits per heavy atom. The van der Waals surface area contributed by atoms with Crippen LogP contribution in [-0.4, -0.2) is 36.3 Å². The lowest BCUT2D eigenvalue weighted by molar-refractivity contribution is -0.138. The van der Waals surface area contributed by atoms with Crippen LogP contribution in [0.2, 0.25) is 5.02 Å². The fourth-order valence-electron chi connectivity index (χ4n) is 3.84. The largest absolute Gasteiger partial charge is 0.342 e. The fourth-order valence-corrected chi connectivity index (χ4v) is 3.97. The molecule has 0 N–H and O–H groups in total. The monoisotopic (exact) mass is 334 g/mol. The molecular formula is C18H23ClN2O2. The minimum Gasteiger partial charge on any atom is -0.342 e. The first-order valence-corrected chi connectivity index (χ1v) is 8.66. The number of halogens is 1. The molecule has 0 radical (unpaired) electrons. The van der Waals surface area contributed by atoms with E-state index >= 15 is 0 Å². The van der Waals surface area contributed by atoms with Crippen molar-refractivity contribution in [1.82, 2.24) is 4.90 Å². The third kappa shape index (κ3) is 3.52. The van der Waals surface area contributed by atoms with Crippen molar-refractivity contribution in [1.29, 1.82) is 0 Å². The van der Waals surface area contributed by atoms with E-state index in [1.54, 1.807) is 17.0 Å². The minimum atomic E-state index is -0.226. The molecular weight excluding hydrogens is 312 g/mol. The van der Waals surface area contributed by atoms with E-state index in [1.165, 1.54) is 6.42 Å². The van der Waals surface area contributed by atoms with Gasteiger partial charge in [-0.1, -0.05) is 25.4 Å². The number of carbonyl (C=O) groups excluding carboxylic acids is 2. The van der Waals surface area contributed by atoms with E-state index in [2.05, 4.69) is 13.8 Å². The summed E-state index contributed by atoms with van der Waals surface area (Å²) in [6, 6.07) is 7.21. The number of anilines is 1. The van der Waals surface area contributed by atoms with Crippen molar-refractivity contribution in [2.75, 3.05) is 24.5 Å². The lowest BCUT2D eigenvalue weighted by atomic mass is 9.91. The van der Waals surface area contributed by atoms with Gasteiger partial charge >= 0.3 is 0 Å². The van der Waals surface area contributed by atoms with Gasteiger partial charge in [0.25, 0.3) is 0 Å². The smallest absolute Gasteiger partial charge is 0.228 e. The molecule has 0 saturated carbocycles. The van der Waals surface area contributed by atoms with Crippen LogP contribution in [-0.2, 0) is 9.59 Å². The van der Waals surface area contributed by atoms with Crippen LogP contribution in [0.1, 0.15) is 26.7 Å². The van der Waals surface area contributed by atoms with Crippen LogP contribution >= 0.6 is 11.6 Å². The van der Waals surface area contributed by atoms with E-state index in [0.29, 0.717) is 29.8 Å². The molecule has 0 bridgehead atoms. The summed E-state index contributed by atoms with van der Waals surface area (Å²) in [5.41, 5.74) is 0.815. The number of hydrogen-bond donors (Lipinski definition) is 0. The number of carbonyl (C=O) groups is 2. The summed E-state index contributed by atoms with van der Waals surface area (Å²) >= 11 is 5.90. The molecule has 2 heterocycles. The predicted molar refractivity (Wildman–Crippen MR) is 91.4 cm³/mol. The van der Waals surface area contributed by atoms with Crippen LogP contribution in [0.3, 0.4) is 0 Å². The van der Waals surface area contributed by atoms with Crippen molar-refractivity contribution in [2.24, 2.45) is 17.8 Å². The van der Waals surface area contributed by atoms with Gasteiger partial charge < -0.3 is 9.80 Å². The first kappa shape index (κ1) is 16.3.